The highest BCUT2D eigenvalue weighted by Crippen LogP contribution is 2.20. The first-order valence-corrected chi connectivity index (χ1v) is 8.17. The van der Waals surface area contributed by atoms with Crippen molar-refractivity contribution in [1.82, 2.24) is 5.32 Å². The second-order valence-corrected chi connectivity index (χ2v) is 6.28. The lowest BCUT2D eigenvalue weighted by molar-refractivity contribution is 0.0915. The van der Waals surface area contributed by atoms with E-state index in [1.54, 1.807) is 6.07 Å². The molecule has 2 N–H and O–H groups in total. The van der Waals surface area contributed by atoms with Gasteiger partial charge in [-0.2, -0.15) is 0 Å². The summed E-state index contributed by atoms with van der Waals surface area (Å²) >= 11 is 0. The standard InChI is InChI=1S/C20H25NO3/c1-13(2)24-17-7-5-6-16(11-17)19(22)12-21-20(23)18-9-8-14(3)10-15(18)4/h5-11,13,19,22H,12H2,1-4H3,(H,21,23). The summed E-state index contributed by atoms with van der Waals surface area (Å²) in [6.45, 7) is 7.95. The van der Waals surface area contributed by atoms with Gasteiger partial charge in [0.15, 0.2) is 0 Å². The molecular formula is C20H25NO3. The highest BCUT2D eigenvalue weighted by Gasteiger charge is 2.13. The van der Waals surface area contributed by atoms with Gasteiger partial charge in [0.1, 0.15) is 5.75 Å². The molecule has 2 aromatic carbocycles. The summed E-state index contributed by atoms with van der Waals surface area (Å²) in [5, 5.41) is 13.1. The normalized spacial score (nSPS) is 12.1. The largest absolute Gasteiger partial charge is 0.491 e. The van der Waals surface area contributed by atoms with Gasteiger partial charge in [-0.05, 0) is 57.0 Å². The predicted molar refractivity (Wildman–Crippen MR) is 95.4 cm³/mol. The monoisotopic (exact) mass is 327 g/mol. The number of carbonyl (C=O) groups excluding carboxylic acids is 1. The molecule has 1 unspecified atom stereocenters. The molecule has 0 heterocycles. The molecule has 0 aromatic heterocycles. The molecule has 24 heavy (non-hydrogen) atoms. The molecule has 128 valence electrons. The van der Waals surface area contributed by atoms with E-state index < -0.39 is 6.10 Å². The molecule has 0 aliphatic carbocycles. The van der Waals surface area contributed by atoms with Gasteiger partial charge in [-0.25, -0.2) is 0 Å². The van der Waals surface area contributed by atoms with Crippen LogP contribution in [-0.2, 0) is 0 Å². The summed E-state index contributed by atoms with van der Waals surface area (Å²) in [7, 11) is 0. The number of hydrogen-bond acceptors (Lipinski definition) is 3. The molecule has 0 radical (unpaired) electrons. The highest BCUT2D eigenvalue weighted by molar-refractivity contribution is 5.95. The first kappa shape index (κ1) is 18.0. The van der Waals surface area contributed by atoms with Crippen LogP contribution < -0.4 is 10.1 Å². The number of aliphatic hydroxyl groups is 1. The lowest BCUT2D eigenvalue weighted by atomic mass is 10.0. The lowest BCUT2D eigenvalue weighted by Gasteiger charge is -2.15. The maximum absolute atomic E-state index is 12.3. The predicted octanol–water partition coefficient (Wildman–Crippen LogP) is 3.55. The number of amides is 1. The van der Waals surface area contributed by atoms with E-state index in [1.165, 1.54) is 0 Å². The number of rotatable bonds is 6. The highest BCUT2D eigenvalue weighted by atomic mass is 16.5. The zero-order valence-electron chi connectivity index (χ0n) is 14.7. The van der Waals surface area contributed by atoms with Crippen molar-refractivity contribution >= 4 is 5.91 Å². The van der Waals surface area contributed by atoms with Crippen LogP contribution in [0.25, 0.3) is 0 Å². The summed E-state index contributed by atoms with van der Waals surface area (Å²) in [5.41, 5.74) is 3.39. The van der Waals surface area contributed by atoms with Crippen molar-refractivity contribution in [3.63, 3.8) is 0 Å². The molecule has 0 aliphatic rings. The van der Waals surface area contributed by atoms with Crippen LogP contribution in [0.4, 0.5) is 0 Å². The Bertz CT molecular complexity index is 710. The third-order valence-corrected chi connectivity index (χ3v) is 3.70. The number of nitrogens with one attached hydrogen (secondary N) is 1. The SMILES string of the molecule is Cc1ccc(C(=O)NCC(O)c2cccc(OC(C)C)c2)c(C)c1. The van der Waals surface area contributed by atoms with Gasteiger partial charge in [-0.15, -0.1) is 0 Å². The van der Waals surface area contributed by atoms with Crippen molar-refractivity contribution in [2.45, 2.75) is 39.9 Å². The van der Waals surface area contributed by atoms with Crippen molar-refractivity contribution in [3.8, 4) is 5.75 Å². The molecule has 0 saturated heterocycles. The molecule has 1 amide bonds. The molecule has 2 aromatic rings. The van der Waals surface area contributed by atoms with E-state index in [0.717, 1.165) is 11.1 Å². The Morgan fingerprint density at radius 2 is 1.92 bits per heavy atom. The summed E-state index contributed by atoms with van der Waals surface area (Å²) in [6.07, 6.45) is -0.711. The number of carbonyl (C=O) groups is 1. The zero-order chi connectivity index (χ0) is 17.7. The number of aryl methyl sites for hydroxylation is 2. The van der Waals surface area contributed by atoms with E-state index in [0.29, 0.717) is 16.9 Å². The Morgan fingerprint density at radius 1 is 1.17 bits per heavy atom. The van der Waals surface area contributed by atoms with Crippen LogP contribution in [-0.4, -0.2) is 23.7 Å². The summed E-state index contributed by atoms with van der Waals surface area (Å²) in [5.74, 6) is 0.531. The van der Waals surface area contributed by atoms with E-state index in [2.05, 4.69) is 5.32 Å². The van der Waals surface area contributed by atoms with Crippen LogP contribution in [0.2, 0.25) is 0 Å². The smallest absolute Gasteiger partial charge is 0.251 e. The fraction of sp³-hybridized carbons (Fsp3) is 0.350. The molecule has 4 nitrogen and oxygen atoms in total. The molecule has 2 rings (SSSR count). The van der Waals surface area contributed by atoms with Crippen molar-refractivity contribution in [2.24, 2.45) is 0 Å². The quantitative estimate of drug-likeness (QED) is 0.853. The average Bonchev–Trinajstić information content (AvgIpc) is 2.52. The van der Waals surface area contributed by atoms with Crippen molar-refractivity contribution in [3.05, 3.63) is 64.7 Å². The molecule has 4 heteroatoms. The molecule has 0 bridgehead atoms. The molecule has 0 aliphatic heterocycles. The molecule has 0 fully saturated rings. The fourth-order valence-electron chi connectivity index (χ4n) is 2.54. The Kier molecular flexibility index (Phi) is 5.99. The molecule has 0 spiro atoms. The minimum atomic E-state index is -0.782. The molecule has 0 saturated carbocycles. The first-order chi connectivity index (χ1) is 11.4. The lowest BCUT2D eigenvalue weighted by Crippen LogP contribution is -2.29. The Labute approximate surface area is 143 Å². The average molecular weight is 327 g/mol. The second kappa shape index (κ2) is 7.97. The van der Waals surface area contributed by atoms with Gasteiger partial charge >= 0.3 is 0 Å². The van der Waals surface area contributed by atoms with E-state index in [1.807, 2.05) is 64.1 Å². The van der Waals surface area contributed by atoms with Crippen molar-refractivity contribution in [1.29, 1.82) is 0 Å². The van der Waals surface area contributed by atoms with Gasteiger partial charge in [-0.1, -0.05) is 29.8 Å². The minimum absolute atomic E-state index is 0.0709. The van der Waals surface area contributed by atoms with Crippen LogP contribution in [0.1, 0.15) is 47.0 Å². The summed E-state index contributed by atoms with van der Waals surface area (Å²) < 4.78 is 5.63. The fourth-order valence-corrected chi connectivity index (χ4v) is 2.54. The number of aliphatic hydroxyl groups excluding tert-OH is 1. The molecular weight excluding hydrogens is 302 g/mol. The first-order valence-electron chi connectivity index (χ1n) is 8.17. The number of hydrogen-bond donors (Lipinski definition) is 2. The Hall–Kier alpha value is -2.33. The maximum Gasteiger partial charge on any atom is 0.251 e. The number of benzene rings is 2. The Balaban J connectivity index is 1.99. The van der Waals surface area contributed by atoms with Crippen molar-refractivity contribution < 1.29 is 14.6 Å². The van der Waals surface area contributed by atoms with E-state index in [4.69, 9.17) is 4.74 Å². The summed E-state index contributed by atoms with van der Waals surface area (Å²) in [4.78, 5) is 12.3. The van der Waals surface area contributed by atoms with Gasteiger partial charge < -0.3 is 15.2 Å². The zero-order valence-corrected chi connectivity index (χ0v) is 14.7. The number of ether oxygens (including phenoxy) is 1. The van der Waals surface area contributed by atoms with Gasteiger partial charge in [0, 0.05) is 12.1 Å². The van der Waals surface area contributed by atoms with Crippen LogP contribution in [0, 0.1) is 13.8 Å². The van der Waals surface area contributed by atoms with E-state index in [-0.39, 0.29) is 18.6 Å². The van der Waals surface area contributed by atoms with Crippen LogP contribution in [0.15, 0.2) is 42.5 Å². The molecule has 1 atom stereocenters. The van der Waals surface area contributed by atoms with Gasteiger partial charge in [-0.3, -0.25) is 4.79 Å². The third kappa shape index (κ3) is 4.83. The van der Waals surface area contributed by atoms with Crippen LogP contribution >= 0.6 is 0 Å². The third-order valence-electron chi connectivity index (χ3n) is 3.70. The van der Waals surface area contributed by atoms with Gasteiger partial charge in [0.25, 0.3) is 5.91 Å². The Morgan fingerprint density at radius 3 is 2.58 bits per heavy atom. The van der Waals surface area contributed by atoms with E-state index >= 15 is 0 Å². The van der Waals surface area contributed by atoms with Gasteiger partial charge in [0.2, 0.25) is 0 Å². The van der Waals surface area contributed by atoms with Crippen LogP contribution in [0.5, 0.6) is 5.75 Å². The van der Waals surface area contributed by atoms with Crippen molar-refractivity contribution in [2.75, 3.05) is 6.54 Å². The minimum Gasteiger partial charge on any atom is -0.491 e. The van der Waals surface area contributed by atoms with E-state index in [9.17, 15) is 9.90 Å². The topological polar surface area (TPSA) is 58.6 Å². The second-order valence-electron chi connectivity index (χ2n) is 6.28. The van der Waals surface area contributed by atoms with Crippen LogP contribution in [0.3, 0.4) is 0 Å². The van der Waals surface area contributed by atoms with Gasteiger partial charge in [0.05, 0.1) is 12.2 Å². The summed E-state index contributed by atoms with van der Waals surface area (Å²) in [6, 6.07) is 13.0. The maximum atomic E-state index is 12.3.